The molecule has 1 atom stereocenters. The second-order valence-corrected chi connectivity index (χ2v) is 5.03. The minimum absolute atomic E-state index is 0.608. The Morgan fingerprint density at radius 1 is 1.36 bits per heavy atom. The largest absolute Gasteiger partial charge is 0.302 e. The Balaban J connectivity index is 2.44. The number of nitrogens with zero attached hydrogens (tertiary/aromatic N) is 1. The molecule has 0 heterocycles. The van der Waals surface area contributed by atoms with Gasteiger partial charge in [0.25, 0.3) is 0 Å². The standard InChI is InChI=1S/C12H16BrN/c1-14(2)12-8-4-5-9-10(12)6-3-7-11(9)13/h3,6-7,12H,4-5,8H2,1-2H3. The van der Waals surface area contributed by atoms with Gasteiger partial charge in [0.05, 0.1) is 0 Å². The van der Waals surface area contributed by atoms with Crippen molar-refractivity contribution in [3.8, 4) is 0 Å². The van der Waals surface area contributed by atoms with Gasteiger partial charge in [0.15, 0.2) is 0 Å². The first-order valence-corrected chi connectivity index (χ1v) is 5.93. The molecule has 76 valence electrons. The molecule has 1 aromatic rings. The minimum Gasteiger partial charge on any atom is -0.302 e. The molecule has 1 aromatic carbocycles. The fourth-order valence-corrected chi connectivity index (χ4v) is 2.90. The highest BCUT2D eigenvalue weighted by atomic mass is 79.9. The maximum atomic E-state index is 3.64. The van der Waals surface area contributed by atoms with E-state index in [0.29, 0.717) is 6.04 Å². The van der Waals surface area contributed by atoms with Crippen molar-refractivity contribution < 1.29 is 0 Å². The summed E-state index contributed by atoms with van der Waals surface area (Å²) in [4.78, 5) is 2.32. The number of fused-ring (bicyclic) bond motifs is 1. The molecule has 1 aliphatic rings. The molecule has 1 nitrogen and oxygen atoms in total. The van der Waals surface area contributed by atoms with Crippen molar-refractivity contribution in [1.29, 1.82) is 0 Å². The van der Waals surface area contributed by atoms with E-state index in [-0.39, 0.29) is 0 Å². The zero-order valence-electron chi connectivity index (χ0n) is 8.76. The molecule has 0 aromatic heterocycles. The number of hydrogen-bond donors (Lipinski definition) is 0. The first kappa shape index (κ1) is 10.2. The molecule has 0 aliphatic heterocycles. The van der Waals surface area contributed by atoms with Gasteiger partial charge < -0.3 is 4.90 Å². The van der Waals surface area contributed by atoms with Crippen molar-refractivity contribution in [3.63, 3.8) is 0 Å². The van der Waals surface area contributed by atoms with Gasteiger partial charge in [-0.25, -0.2) is 0 Å². The van der Waals surface area contributed by atoms with Gasteiger partial charge in [-0.3, -0.25) is 0 Å². The van der Waals surface area contributed by atoms with Crippen molar-refractivity contribution in [2.24, 2.45) is 0 Å². The fourth-order valence-electron chi connectivity index (χ4n) is 2.32. The summed E-state index contributed by atoms with van der Waals surface area (Å²) in [7, 11) is 4.33. The van der Waals surface area contributed by atoms with Gasteiger partial charge in [-0.2, -0.15) is 0 Å². The summed E-state index contributed by atoms with van der Waals surface area (Å²) in [5, 5.41) is 0. The maximum absolute atomic E-state index is 3.64. The lowest BCUT2D eigenvalue weighted by atomic mass is 9.87. The summed E-state index contributed by atoms with van der Waals surface area (Å²) in [5.74, 6) is 0. The monoisotopic (exact) mass is 253 g/mol. The molecule has 0 bridgehead atoms. The van der Waals surface area contributed by atoms with Crippen LogP contribution in [0.5, 0.6) is 0 Å². The van der Waals surface area contributed by atoms with Crippen LogP contribution in [0.1, 0.15) is 30.0 Å². The Kier molecular flexibility index (Phi) is 2.93. The van der Waals surface area contributed by atoms with E-state index in [9.17, 15) is 0 Å². The molecule has 0 radical (unpaired) electrons. The van der Waals surface area contributed by atoms with E-state index in [1.165, 1.54) is 34.9 Å². The Morgan fingerprint density at radius 3 is 2.86 bits per heavy atom. The molecular formula is C12H16BrN. The van der Waals surface area contributed by atoms with Gasteiger partial charge >= 0.3 is 0 Å². The highest BCUT2D eigenvalue weighted by molar-refractivity contribution is 9.10. The molecule has 2 rings (SSSR count). The molecule has 0 saturated heterocycles. The molecule has 14 heavy (non-hydrogen) atoms. The van der Waals surface area contributed by atoms with Crippen LogP contribution >= 0.6 is 15.9 Å². The lowest BCUT2D eigenvalue weighted by Crippen LogP contribution is -2.24. The van der Waals surface area contributed by atoms with Crippen molar-refractivity contribution in [2.45, 2.75) is 25.3 Å². The third kappa shape index (κ3) is 1.73. The first-order chi connectivity index (χ1) is 6.70. The molecule has 1 unspecified atom stereocenters. The fraction of sp³-hybridized carbons (Fsp3) is 0.500. The molecule has 0 spiro atoms. The van der Waals surface area contributed by atoms with Crippen LogP contribution in [0.3, 0.4) is 0 Å². The average molecular weight is 254 g/mol. The highest BCUT2D eigenvalue weighted by Gasteiger charge is 2.22. The van der Waals surface area contributed by atoms with E-state index in [1.54, 1.807) is 0 Å². The lowest BCUT2D eigenvalue weighted by Gasteiger charge is -2.31. The van der Waals surface area contributed by atoms with Crippen LogP contribution in [-0.2, 0) is 6.42 Å². The SMILES string of the molecule is CN(C)C1CCCc2c(Br)cccc21. The van der Waals surface area contributed by atoms with Crippen LogP contribution in [0.15, 0.2) is 22.7 Å². The summed E-state index contributed by atoms with van der Waals surface area (Å²) in [6.45, 7) is 0. The van der Waals surface area contributed by atoms with E-state index < -0.39 is 0 Å². The van der Waals surface area contributed by atoms with E-state index in [0.717, 1.165) is 0 Å². The van der Waals surface area contributed by atoms with Crippen LogP contribution in [0.25, 0.3) is 0 Å². The van der Waals surface area contributed by atoms with Crippen LogP contribution in [-0.4, -0.2) is 19.0 Å². The van der Waals surface area contributed by atoms with Gasteiger partial charge in [0.2, 0.25) is 0 Å². The zero-order chi connectivity index (χ0) is 10.1. The number of hydrogen-bond acceptors (Lipinski definition) is 1. The van der Waals surface area contributed by atoms with Gasteiger partial charge in [0.1, 0.15) is 0 Å². The number of rotatable bonds is 1. The highest BCUT2D eigenvalue weighted by Crippen LogP contribution is 2.36. The summed E-state index contributed by atoms with van der Waals surface area (Å²) in [6.07, 6.45) is 3.82. The van der Waals surface area contributed by atoms with Crippen molar-refractivity contribution in [1.82, 2.24) is 4.90 Å². The lowest BCUT2D eigenvalue weighted by molar-refractivity contribution is 0.268. The summed E-state index contributed by atoms with van der Waals surface area (Å²) in [6, 6.07) is 7.17. The molecule has 0 amide bonds. The van der Waals surface area contributed by atoms with E-state index in [2.05, 4.69) is 53.1 Å². The van der Waals surface area contributed by atoms with Crippen LogP contribution in [0, 0.1) is 0 Å². The maximum Gasteiger partial charge on any atom is 0.0345 e. The average Bonchev–Trinajstić information content (AvgIpc) is 2.17. The van der Waals surface area contributed by atoms with Crippen molar-refractivity contribution in [3.05, 3.63) is 33.8 Å². The molecular weight excluding hydrogens is 238 g/mol. The smallest absolute Gasteiger partial charge is 0.0345 e. The summed E-state index contributed by atoms with van der Waals surface area (Å²) >= 11 is 3.64. The predicted octanol–water partition coefficient (Wildman–Crippen LogP) is 3.39. The van der Waals surface area contributed by atoms with E-state index >= 15 is 0 Å². The Morgan fingerprint density at radius 2 is 2.14 bits per heavy atom. The van der Waals surface area contributed by atoms with Gasteiger partial charge in [-0.05, 0) is 50.6 Å². The predicted molar refractivity (Wildman–Crippen MR) is 63.5 cm³/mol. The number of benzene rings is 1. The van der Waals surface area contributed by atoms with E-state index in [1.807, 2.05) is 0 Å². The van der Waals surface area contributed by atoms with Crippen LogP contribution < -0.4 is 0 Å². The first-order valence-electron chi connectivity index (χ1n) is 5.14. The van der Waals surface area contributed by atoms with Gasteiger partial charge in [-0.1, -0.05) is 28.1 Å². The van der Waals surface area contributed by atoms with Gasteiger partial charge in [0, 0.05) is 10.5 Å². The Labute approximate surface area is 94.2 Å². The van der Waals surface area contributed by atoms with Crippen molar-refractivity contribution >= 4 is 15.9 Å². The third-order valence-electron chi connectivity index (χ3n) is 3.04. The van der Waals surface area contributed by atoms with Gasteiger partial charge in [-0.15, -0.1) is 0 Å². The molecule has 1 aliphatic carbocycles. The summed E-state index contributed by atoms with van der Waals surface area (Å²) in [5.41, 5.74) is 3.02. The quantitative estimate of drug-likeness (QED) is 0.742. The van der Waals surface area contributed by atoms with E-state index in [4.69, 9.17) is 0 Å². The normalized spacial score (nSPS) is 21.0. The second-order valence-electron chi connectivity index (χ2n) is 4.18. The summed E-state index contributed by atoms with van der Waals surface area (Å²) < 4.78 is 1.28. The van der Waals surface area contributed by atoms with Crippen LogP contribution in [0.4, 0.5) is 0 Å². The van der Waals surface area contributed by atoms with Crippen molar-refractivity contribution in [2.75, 3.05) is 14.1 Å². The zero-order valence-corrected chi connectivity index (χ0v) is 10.3. The second kappa shape index (κ2) is 4.03. The third-order valence-corrected chi connectivity index (χ3v) is 3.78. The molecule has 0 fully saturated rings. The molecule has 0 N–H and O–H groups in total. The number of halogens is 1. The topological polar surface area (TPSA) is 3.24 Å². The Bertz CT molecular complexity index is 333. The molecule has 2 heteroatoms. The minimum atomic E-state index is 0.608. The molecule has 0 saturated carbocycles. The Hall–Kier alpha value is -0.340. The van der Waals surface area contributed by atoms with Crippen LogP contribution in [0.2, 0.25) is 0 Å².